The first kappa shape index (κ1) is 21.7. The van der Waals surface area contributed by atoms with Gasteiger partial charge in [-0.05, 0) is 30.7 Å². The van der Waals surface area contributed by atoms with E-state index in [2.05, 4.69) is 0 Å². The summed E-state index contributed by atoms with van der Waals surface area (Å²) in [6, 6.07) is 4.50. The van der Waals surface area contributed by atoms with Gasteiger partial charge in [0.15, 0.2) is 6.10 Å². The maximum atomic E-state index is 12.4. The fraction of sp³-hybridized carbons (Fsp3) is 0.412. The molecule has 1 atom stereocenters. The molecule has 0 heterocycles. The van der Waals surface area contributed by atoms with E-state index in [9.17, 15) is 18.0 Å². The molecule has 0 aliphatic heterocycles. The topological polar surface area (TPSA) is 93.2 Å². The average Bonchev–Trinajstić information content (AvgIpc) is 2.58. The minimum atomic E-state index is -3.71. The maximum Gasteiger partial charge on any atom is 0.331 e. The molecular weight excluding hydrogens is 360 g/mol. The third-order valence-corrected chi connectivity index (χ3v) is 5.28. The molecule has 0 aliphatic rings. The molecule has 0 aromatic heterocycles. The Morgan fingerprint density at radius 3 is 2.27 bits per heavy atom. The predicted octanol–water partition coefficient (Wildman–Crippen LogP) is 0.979. The minimum Gasteiger partial charge on any atom is -0.495 e. The van der Waals surface area contributed by atoms with E-state index in [4.69, 9.17) is 9.47 Å². The first-order chi connectivity index (χ1) is 12.0. The number of esters is 1. The van der Waals surface area contributed by atoms with E-state index in [1.165, 1.54) is 51.2 Å². The Kier molecular flexibility index (Phi) is 7.34. The van der Waals surface area contributed by atoms with Crippen molar-refractivity contribution in [2.24, 2.45) is 0 Å². The molecule has 0 aliphatic carbocycles. The normalized spacial score (nSPS) is 12.9. The Morgan fingerprint density at radius 1 is 1.15 bits per heavy atom. The number of methoxy groups -OCH3 is 1. The van der Waals surface area contributed by atoms with E-state index < -0.39 is 22.1 Å². The summed E-state index contributed by atoms with van der Waals surface area (Å²) < 4.78 is 35.9. The number of sulfonamides is 1. The Hall–Kier alpha value is -2.39. The van der Waals surface area contributed by atoms with Crippen LogP contribution in [0.4, 0.5) is 0 Å². The quantitative estimate of drug-likeness (QED) is 0.514. The van der Waals surface area contributed by atoms with Gasteiger partial charge in [0.2, 0.25) is 10.0 Å². The van der Waals surface area contributed by atoms with E-state index in [-0.39, 0.29) is 16.6 Å². The van der Waals surface area contributed by atoms with Gasteiger partial charge in [0.05, 0.1) is 7.11 Å². The second kappa shape index (κ2) is 8.81. The molecule has 0 radical (unpaired) electrons. The third-order valence-electron chi connectivity index (χ3n) is 3.44. The van der Waals surface area contributed by atoms with Gasteiger partial charge in [-0.2, -0.15) is 0 Å². The molecule has 1 aromatic rings. The van der Waals surface area contributed by atoms with Gasteiger partial charge >= 0.3 is 5.97 Å². The molecule has 0 fully saturated rings. The number of carbonyl (C=O) groups is 2. The van der Waals surface area contributed by atoms with Gasteiger partial charge in [-0.25, -0.2) is 17.5 Å². The van der Waals surface area contributed by atoms with Crippen LogP contribution in [0.15, 0.2) is 29.2 Å². The molecular formula is C17H24N2O6S. The first-order valence-corrected chi connectivity index (χ1v) is 9.15. The number of benzene rings is 1. The molecule has 0 saturated heterocycles. The van der Waals surface area contributed by atoms with Crippen molar-refractivity contribution in [3.05, 3.63) is 29.8 Å². The Morgan fingerprint density at radius 2 is 1.77 bits per heavy atom. The summed E-state index contributed by atoms with van der Waals surface area (Å²) in [4.78, 5) is 24.8. The molecule has 0 N–H and O–H groups in total. The summed E-state index contributed by atoms with van der Waals surface area (Å²) in [5.74, 6) is -0.847. The maximum absolute atomic E-state index is 12.4. The molecule has 1 rings (SSSR count). The zero-order chi connectivity index (χ0) is 20.1. The number of hydrogen-bond acceptors (Lipinski definition) is 6. The summed E-state index contributed by atoms with van der Waals surface area (Å²) in [6.45, 7) is 1.48. The van der Waals surface area contributed by atoms with Crippen molar-refractivity contribution in [1.29, 1.82) is 0 Å². The highest BCUT2D eigenvalue weighted by atomic mass is 32.2. The van der Waals surface area contributed by atoms with Crippen LogP contribution in [0.25, 0.3) is 6.08 Å². The summed E-state index contributed by atoms with van der Waals surface area (Å²) in [5.41, 5.74) is 0.467. The monoisotopic (exact) mass is 384 g/mol. The number of amides is 1. The van der Waals surface area contributed by atoms with Gasteiger partial charge in [0.1, 0.15) is 10.6 Å². The van der Waals surface area contributed by atoms with Gasteiger partial charge in [-0.15, -0.1) is 0 Å². The highest BCUT2D eigenvalue weighted by molar-refractivity contribution is 7.89. The van der Waals surface area contributed by atoms with Crippen molar-refractivity contribution in [1.82, 2.24) is 9.21 Å². The highest BCUT2D eigenvalue weighted by Gasteiger charge is 2.22. The molecule has 1 aromatic carbocycles. The lowest BCUT2D eigenvalue weighted by Gasteiger charge is -2.16. The van der Waals surface area contributed by atoms with Crippen LogP contribution in [0.2, 0.25) is 0 Å². The van der Waals surface area contributed by atoms with Gasteiger partial charge in [-0.1, -0.05) is 6.07 Å². The summed E-state index contributed by atoms with van der Waals surface area (Å²) >= 11 is 0. The highest BCUT2D eigenvalue weighted by Crippen LogP contribution is 2.27. The molecule has 8 nitrogen and oxygen atoms in total. The zero-order valence-corrected chi connectivity index (χ0v) is 16.5. The summed E-state index contributed by atoms with van der Waals surface area (Å²) in [7, 11) is 3.62. The molecule has 0 bridgehead atoms. The molecule has 26 heavy (non-hydrogen) atoms. The second-order valence-corrected chi connectivity index (χ2v) is 7.96. The number of likely N-dealkylation sites (N-methyl/N-ethyl adjacent to an activating group) is 1. The standard InChI is InChI=1S/C17H24N2O6S/c1-12(17(21)18(2)3)25-16(20)10-8-13-7-9-14(24-6)15(11-13)26(22,23)19(4)5/h7-12H,1-6H3/b10-8+/t12-/m0/s1. The zero-order valence-electron chi connectivity index (χ0n) is 15.7. The molecule has 1 amide bonds. The molecule has 144 valence electrons. The number of carbonyl (C=O) groups excluding carboxylic acids is 2. The fourth-order valence-electron chi connectivity index (χ4n) is 1.99. The van der Waals surface area contributed by atoms with Gasteiger partial charge in [0, 0.05) is 34.3 Å². The van der Waals surface area contributed by atoms with Gasteiger partial charge < -0.3 is 14.4 Å². The smallest absolute Gasteiger partial charge is 0.331 e. The molecule has 0 saturated carbocycles. The van der Waals surface area contributed by atoms with E-state index in [1.54, 1.807) is 20.2 Å². The predicted molar refractivity (Wildman–Crippen MR) is 97.1 cm³/mol. The van der Waals surface area contributed by atoms with E-state index in [0.717, 1.165) is 10.4 Å². The molecule has 9 heteroatoms. The lowest BCUT2D eigenvalue weighted by Crippen LogP contribution is -2.34. The van der Waals surface area contributed by atoms with Crippen LogP contribution in [0, 0.1) is 0 Å². The van der Waals surface area contributed by atoms with Crippen LogP contribution < -0.4 is 4.74 Å². The van der Waals surface area contributed by atoms with Crippen molar-refractivity contribution < 1.29 is 27.5 Å². The third kappa shape index (κ3) is 5.30. The van der Waals surface area contributed by atoms with Crippen LogP contribution in [-0.4, -0.2) is 70.9 Å². The Labute approximate surface area is 154 Å². The second-order valence-electron chi connectivity index (χ2n) is 5.84. The Bertz CT molecular complexity index is 799. The Balaban J connectivity index is 3.02. The van der Waals surface area contributed by atoms with Crippen LogP contribution in [0.5, 0.6) is 5.75 Å². The number of hydrogen-bond donors (Lipinski definition) is 0. The fourth-order valence-corrected chi connectivity index (χ4v) is 3.07. The van der Waals surface area contributed by atoms with Crippen molar-refractivity contribution in [3.63, 3.8) is 0 Å². The van der Waals surface area contributed by atoms with E-state index >= 15 is 0 Å². The number of nitrogens with zero attached hydrogens (tertiary/aromatic N) is 2. The first-order valence-electron chi connectivity index (χ1n) is 7.71. The lowest BCUT2D eigenvalue weighted by atomic mass is 10.2. The van der Waals surface area contributed by atoms with E-state index in [1.807, 2.05) is 0 Å². The van der Waals surface area contributed by atoms with Gasteiger partial charge in [0.25, 0.3) is 5.91 Å². The SMILES string of the molecule is COc1ccc(/C=C/C(=O)O[C@@H](C)C(=O)N(C)C)cc1S(=O)(=O)N(C)C. The van der Waals surface area contributed by atoms with Crippen LogP contribution in [0.1, 0.15) is 12.5 Å². The molecule has 0 unspecified atom stereocenters. The summed E-state index contributed by atoms with van der Waals surface area (Å²) in [6.07, 6.45) is 1.62. The minimum absolute atomic E-state index is 0.0170. The van der Waals surface area contributed by atoms with Crippen molar-refractivity contribution in [2.75, 3.05) is 35.3 Å². The largest absolute Gasteiger partial charge is 0.495 e. The van der Waals surface area contributed by atoms with Crippen molar-refractivity contribution in [2.45, 2.75) is 17.9 Å². The average molecular weight is 384 g/mol. The van der Waals surface area contributed by atoms with Crippen LogP contribution in [-0.2, 0) is 24.3 Å². The van der Waals surface area contributed by atoms with Gasteiger partial charge in [-0.3, -0.25) is 4.79 Å². The van der Waals surface area contributed by atoms with E-state index in [0.29, 0.717) is 5.56 Å². The van der Waals surface area contributed by atoms with Crippen molar-refractivity contribution in [3.8, 4) is 5.75 Å². The number of ether oxygens (including phenoxy) is 2. The lowest BCUT2D eigenvalue weighted by molar-refractivity contribution is -0.153. The van der Waals surface area contributed by atoms with Crippen LogP contribution in [0.3, 0.4) is 0 Å². The summed E-state index contributed by atoms with van der Waals surface area (Å²) in [5, 5.41) is 0. The van der Waals surface area contributed by atoms with Crippen molar-refractivity contribution >= 4 is 28.0 Å². The molecule has 0 spiro atoms. The number of rotatable bonds is 7. The van der Waals surface area contributed by atoms with Crippen LogP contribution >= 0.6 is 0 Å².